The molecule has 4 heteroatoms. The summed E-state index contributed by atoms with van der Waals surface area (Å²) in [4.78, 5) is 0. The van der Waals surface area contributed by atoms with E-state index in [1.807, 2.05) is 19.2 Å². The SMILES string of the molecule is CCc1ccccc1C(N)c1cnnn1C. The molecule has 1 aromatic carbocycles. The Morgan fingerprint density at radius 1 is 1.38 bits per heavy atom. The molecule has 1 aromatic heterocycles. The summed E-state index contributed by atoms with van der Waals surface area (Å²) < 4.78 is 1.72. The van der Waals surface area contributed by atoms with Gasteiger partial charge in [-0.05, 0) is 17.5 Å². The molecule has 1 unspecified atom stereocenters. The van der Waals surface area contributed by atoms with E-state index in [-0.39, 0.29) is 6.04 Å². The van der Waals surface area contributed by atoms with Crippen LogP contribution in [0, 0.1) is 0 Å². The summed E-state index contributed by atoms with van der Waals surface area (Å²) in [5, 5.41) is 7.76. The molecule has 0 fully saturated rings. The van der Waals surface area contributed by atoms with Crippen molar-refractivity contribution in [1.29, 1.82) is 0 Å². The molecule has 0 aliphatic carbocycles. The second kappa shape index (κ2) is 4.45. The average molecular weight is 216 g/mol. The lowest BCUT2D eigenvalue weighted by Crippen LogP contribution is -2.17. The van der Waals surface area contributed by atoms with Crippen LogP contribution in [0.4, 0.5) is 0 Å². The van der Waals surface area contributed by atoms with Gasteiger partial charge in [0.15, 0.2) is 0 Å². The quantitative estimate of drug-likeness (QED) is 0.844. The minimum Gasteiger partial charge on any atom is -0.319 e. The van der Waals surface area contributed by atoms with Crippen molar-refractivity contribution in [3.63, 3.8) is 0 Å². The molecule has 0 amide bonds. The first-order valence-electron chi connectivity index (χ1n) is 5.42. The van der Waals surface area contributed by atoms with Crippen molar-refractivity contribution in [2.75, 3.05) is 0 Å². The third-order valence-corrected chi connectivity index (χ3v) is 2.84. The van der Waals surface area contributed by atoms with Crippen LogP contribution >= 0.6 is 0 Å². The zero-order valence-corrected chi connectivity index (χ0v) is 9.59. The van der Waals surface area contributed by atoms with Gasteiger partial charge in [0.25, 0.3) is 0 Å². The van der Waals surface area contributed by atoms with Gasteiger partial charge in [-0.1, -0.05) is 36.4 Å². The van der Waals surface area contributed by atoms with Gasteiger partial charge in [0, 0.05) is 7.05 Å². The summed E-state index contributed by atoms with van der Waals surface area (Å²) >= 11 is 0. The van der Waals surface area contributed by atoms with E-state index < -0.39 is 0 Å². The topological polar surface area (TPSA) is 56.7 Å². The van der Waals surface area contributed by atoms with Crippen LogP contribution in [-0.2, 0) is 13.5 Å². The van der Waals surface area contributed by atoms with Gasteiger partial charge in [-0.25, -0.2) is 0 Å². The highest BCUT2D eigenvalue weighted by molar-refractivity contribution is 5.34. The summed E-state index contributed by atoms with van der Waals surface area (Å²) in [5.41, 5.74) is 9.59. The zero-order chi connectivity index (χ0) is 11.5. The highest BCUT2D eigenvalue weighted by Crippen LogP contribution is 2.22. The Labute approximate surface area is 95.1 Å². The van der Waals surface area contributed by atoms with Crippen LogP contribution in [0.15, 0.2) is 30.5 Å². The molecule has 0 saturated carbocycles. The highest BCUT2D eigenvalue weighted by Gasteiger charge is 2.15. The second-order valence-corrected chi connectivity index (χ2v) is 3.81. The normalized spacial score (nSPS) is 12.7. The number of aromatic nitrogens is 3. The average Bonchev–Trinajstić information content (AvgIpc) is 2.74. The van der Waals surface area contributed by atoms with Crippen LogP contribution in [0.2, 0.25) is 0 Å². The maximum atomic E-state index is 6.24. The van der Waals surface area contributed by atoms with E-state index in [4.69, 9.17) is 5.73 Å². The fraction of sp³-hybridized carbons (Fsp3) is 0.333. The maximum absolute atomic E-state index is 6.24. The van der Waals surface area contributed by atoms with E-state index in [0.29, 0.717) is 0 Å². The third kappa shape index (κ3) is 1.84. The Bertz CT molecular complexity index is 475. The van der Waals surface area contributed by atoms with Gasteiger partial charge in [0.05, 0.1) is 17.9 Å². The molecular weight excluding hydrogens is 200 g/mol. The zero-order valence-electron chi connectivity index (χ0n) is 9.59. The Balaban J connectivity index is 2.41. The molecule has 2 aromatic rings. The van der Waals surface area contributed by atoms with E-state index in [0.717, 1.165) is 17.7 Å². The summed E-state index contributed by atoms with van der Waals surface area (Å²) in [6.45, 7) is 2.13. The first kappa shape index (κ1) is 10.8. The van der Waals surface area contributed by atoms with E-state index in [1.54, 1.807) is 10.9 Å². The van der Waals surface area contributed by atoms with Crippen LogP contribution in [-0.4, -0.2) is 15.0 Å². The van der Waals surface area contributed by atoms with E-state index >= 15 is 0 Å². The van der Waals surface area contributed by atoms with Crippen molar-refractivity contribution in [2.45, 2.75) is 19.4 Å². The van der Waals surface area contributed by atoms with Crippen LogP contribution in [0.25, 0.3) is 0 Å². The summed E-state index contributed by atoms with van der Waals surface area (Å²) in [7, 11) is 1.86. The summed E-state index contributed by atoms with van der Waals surface area (Å²) in [6.07, 6.45) is 2.70. The number of hydrogen-bond acceptors (Lipinski definition) is 3. The molecular formula is C12H16N4. The molecule has 16 heavy (non-hydrogen) atoms. The molecule has 0 bridgehead atoms. The van der Waals surface area contributed by atoms with Gasteiger partial charge in [0.1, 0.15) is 0 Å². The molecule has 0 radical (unpaired) electrons. The lowest BCUT2D eigenvalue weighted by Gasteiger charge is -2.15. The molecule has 2 N–H and O–H groups in total. The smallest absolute Gasteiger partial charge is 0.0796 e. The minimum absolute atomic E-state index is 0.156. The molecule has 0 saturated heterocycles. The van der Waals surface area contributed by atoms with Crippen LogP contribution in [0.3, 0.4) is 0 Å². The predicted octanol–water partition coefficient (Wildman–Crippen LogP) is 1.43. The molecule has 1 atom stereocenters. The maximum Gasteiger partial charge on any atom is 0.0796 e. The first-order chi connectivity index (χ1) is 7.74. The number of nitrogens with zero attached hydrogens (tertiary/aromatic N) is 3. The number of nitrogens with two attached hydrogens (primary N) is 1. The van der Waals surface area contributed by atoms with Crippen molar-refractivity contribution in [3.05, 3.63) is 47.3 Å². The predicted molar refractivity (Wildman–Crippen MR) is 62.9 cm³/mol. The van der Waals surface area contributed by atoms with Gasteiger partial charge in [0.2, 0.25) is 0 Å². The molecule has 1 heterocycles. The van der Waals surface area contributed by atoms with Crippen molar-refractivity contribution in [2.24, 2.45) is 12.8 Å². The van der Waals surface area contributed by atoms with Crippen LogP contribution in [0.5, 0.6) is 0 Å². The Morgan fingerprint density at radius 3 is 2.75 bits per heavy atom. The van der Waals surface area contributed by atoms with Crippen molar-refractivity contribution >= 4 is 0 Å². The van der Waals surface area contributed by atoms with E-state index in [9.17, 15) is 0 Å². The number of aryl methyl sites for hydroxylation is 2. The van der Waals surface area contributed by atoms with Crippen LogP contribution in [0.1, 0.15) is 29.8 Å². The molecule has 84 valence electrons. The Hall–Kier alpha value is -1.68. The lowest BCUT2D eigenvalue weighted by molar-refractivity contribution is 0.649. The van der Waals surface area contributed by atoms with Crippen molar-refractivity contribution < 1.29 is 0 Å². The second-order valence-electron chi connectivity index (χ2n) is 3.81. The lowest BCUT2D eigenvalue weighted by atomic mass is 9.97. The summed E-state index contributed by atoms with van der Waals surface area (Å²) in [6, 6.07) is 8.07. The largest absolute Gasteiger partial charge is 0.319 e. The van der Waals surface area contributed by atoms with Crippen molar-refractivity contribution in [1.82, 2.24) is 15.0 Å². The number of hydrogen-bond donors (Lipinski definition) is 1. The first-order valence-corrected chi connectivity index (χ1v) is 5.42. The number of benzene rings is 1. The molecule has 2 rings (SSSR count). The van der Waals surface area contributed by atoms with Crippen molar-refractivity contribution in [3.8, 4) is 0 Å². The highest BCUT2D eigenvalue weighted by atomic mass is 15.4. The molecule has 0 aliphatic rings. The summed E-state index contributed by atoms with van der Waals surface area (Å²) in [5.74, 6) is 0. The molecule has 0 spiro atoms. The molecule has 4 nitrogen and oxygen atoms in total. The fourth-order valence-corrected chi connectivity index (χ4v) is 1.90. The Morgan fingerprint density at radius 2 is 2.12 bits per heavy atom. The van der Waals surface area contributed by atoms with Gasteiger partial charge in [-0.2, -0.15) is 0 Å². The van der Waals surface area contributed by atoms with E-state index in [1.165, 1.54) is 5.56 Å². The van der Waals surface area contributed by atoms with Crippen LogP contribution < -0.4 is 5.73 Å². The third-order valence-electron chi connectivity index (χ3n) is 2.84. The number of rotatable bonds is 3. The molecule has 0 aliphatic heterocycles. The monoisotopic (exact) mass is 216 g/mol. The fourth-order valence-electron chi connectivity index (χ4n) is 1.90. The van der Waals surface area contributed by atoms with Gasteiger partial charge in [-0.15, -0.1) is 5.10 Å². The standard InChI is InChI=1S/C12H16N4/c1-3-9-6-4-5-7-10(9)12(13)11-8-14-15-16(11)2/h4-8,12H,3,13H2,1-2H3. The minimum atomic E-state index is -0.156. The Kier molecular flexibility index (Phi) is 3.01. The van der Waals surface area contributed by atoms with Gasteiger partial charge in [-0.3, -0.25) is 4.68 Å². The van der Waals surface area contributed by atoms with Gasteiger partial charge >= 0.3 is 0 Å². The van der Waals surface area contributed by atoms with E-state index in [2.05, 4.69) is 29.4 Å². The van der Waals surface area contributed by atoms with Gasteiger partial charge < -0.3 is 5.73 Å².